The van der Waals surface area contributed by atoms with E-state index < -0.39 is 14.2 Å². The summed E-state index contributed by atoms with van der Waals surface area (Å²) in [6, 6.07) is 3.97. The summed E-state index contributed by atoms with van der Waals surface area (Å²) < 4.78 is 8.70. The zero-order valence-electron chi connectivity index (χ0n) is 18.4. The monoisotopic (exact) mass is 408 g/mol. The number of rotatable bonds is 9. The quantitative estimate of drug-likeness (QED) is 0.578. The van der Waals surface area contributed by atoms with Gasteiger partial charge < -0.3 is 8.99 Å². The minimum atomic E-state index is -2.11. The molecule has 158 valence electrons. The van der Waals surface area contributed by atoms with Crippen LogP contribution < -0.4 is 0 Å². The van der Waals surface area contributed by atoms with E-state index in [9.17, 15) is 9.59 Å². The van der Waals surface area contributed by atoms with Crippen LogP contribution in [0.3, 0.4) is 0 Å². The molecule has 0 radical (unpaired) electrons. The predicted molar refractivity (Wildman–Crippen MR) is 112 cm³/mol. The fraction of sp³-hybridized carbons (Fsp3) is 0.714. The summed E-state index contributed by atoms with van der Waals surface area (Å²) in [6.45, 7) is 14.0. The maximum absolute atomic E-state index is 13.1. The van der Waals surface area contributed by atoms with Gasteiger partial charge in [-0.2, -0.15) is 5.06 Å². The summed E-state index contributed by atoms with van der Waals surface area (Å²) in [5.74, 6) is -0.997. The van der Waals surface area contributed by atoms with Crippen molar-refractivity contribution in [2.75, 3.05) is 13.2 Å². The molecule has 0 aromatic carbocycles. The lowest BCUT2D eigenvalue weighted by molar-refractivity contribution is -0.182. The fourth-order valence-corrected chi connectivity index (χ4v) is 10.2. The molecule has 0 saturated carbocycles. The van der Waals surface area contributed by atoms with Gasteiger partial charge in [-0.15, -0.1) is 0 Å². The summed E-state index contributed by atoms with van der Waals surface area (Å²) in [7, 11) is -0.148. The van der Waals surface area contributed by atoms with Crippen LogP contribution in [0.5, 0.6) is 0 Å². The molecule has 1 aliphatic heterocycles. The predicted octanol–water partition coefficient (Wildman–Crippen LogP) is 4.07. The molecule has 0 spiro atoms. The molecular weight excluding hydrogens is 372 g/mol. The average molecular weight is 409 g/mol. The van der Waals surface area contributed by atoms with Crippen LogP contribution in [0.1, 0.15) is 53.7 Å². The normalized spacial score (nSPS) is 16.6. The fourth-order valence-electron chi connectivity index (χ4n) is 4.67. The Balaban J connectivity index is 2.26. The van der Waals surface area contributed by atoms with Crippen LogP contribution >= 0.6 is 0 Å². The van der Waals surface area contributed by atoms with Crippen molar-refractivity contribution in [3.05, 3.63) is 24.0 Å². The van der Waals surface area contributed by atoms with Gasteiger partial charge in [0, 0.05) is 32.0 Å². The van der Waals surface area contributed by atoms with E-state index >= 15 is 0 Å². The van der Waals surface area contributed by atoms with Gasteiger partial charge in [0.25, 0.3) is 11.8 Å². The molecule has 1 aliphatic rings. The number of imide groups is 1. The van der Waals surface area contributed by atoms with Crippen LogP contribution in [-0.2, 0) is 32.3 Å². The third kappa shape index (κ3) is 4.58. The molecule has 0 aliphatic carbocycles. The Labute approximate surface area is 170 Å². The third-order valence-corrected chi connectivity index (χ3v) is 12.1. The van der Waals surface area contributed by atoms with Gasteiger partial charge >= 0.3 is 0 Å². The number of amides is 2. The number of carbonyl (C=O) groups excluding carboxylic acids is 2. The minimum absolute atomic E-state index is 0.256. The zero-order valence-corrected chi connectivity index (χ0v) is 19.4. The number of hydrogen-bond donors (Lipinski definition) is 0. The lowest BCUT2D eigenvalue weighted by atomic mass is 10.0. The van der Waals surface area contributed by atoms with E-state index in [2.05, 4.69) is 41.5 Å². The van der Waals surface area contributed by atoms with E-state index in [0.29, 0.717) is 29.7 Å². The maximum atomic E-state index is 13.1. The topological polar surface area (TPSA) is 60.8 Å². The van der Waals surface area contributed by atoms with E-state index in [0.717, 1.165) is 10.8 Å². The molecule has 2 heterocycles. The summed E-state index contributed by atoms with van der Waals surface area (Å²) in [4.78, 5) is 30.5. The van der Waals surface area contributed by atoms with Crippen LogP contribution in [0.15, 0.2) is 18.3 Å². The highest BCUT2D eigenvalue weighted by Gasteiger charge is 2.46. The van der Waals surface area contributed by atoms with E-state index in [1.54, 1.807) is 0 Å². The van der Waals surface area contributed by atoms with E-state index in [-0.39, 0.29) is 24.8 Å². The van der Waals surface area contributed by atoms with Crippen molar-refractivity contribution in [3.63, 3.8) is 0 Å². The number of aryl methyl sites for hydroxylation is 1. The average Bonchev–Trinajstić information content (AvgIpc) is 3.21. The van der Waals surface area contributed by atoms with Crippen molar-refractivity contribution in [1.82, 2.24) is 9.63 Å². The molecule has 28 heavy (non-hydrogen) atoms. The highest BCUT2D eigenvalue weighted by atomic mass is 28.4. The van der Waals surface area contributed by atoms with Crippen molar-refractivity contribution in [2.24, 2.45) is 13.0 Å². The summed E-state index contributed by atoms with van der Waals surface area (Å²) in [5.41, 5.74) is 2.34. The Morgan fingerprint density at radius 2 is 1.79 bits per heavy atom. The molecule has 1 fully saturated rings. The van der Waals surface area contributed by atoms with Crippen molar-refractivity contribution in [3.8, 4) is 0 Å². The standard InChI is InChI=1S/C21H36N2O4Si/c1-15(2)28(16(3)4,17(5)6)27-14-18(13-19-9-8-11-22(19)7)21(25)23-20(24)10-12-26-23/h8-9,11,15-18H,10,12-14H2,1-7H3/t18-/m0/s1. The highest BCUT2D eigenvalue weighted by molar-refractivity contribution is 6.77. The van der Waals surface area contributed by atoms with Crippen LogP contribution in [0, 0.1) is 5.92 Å². The summed E-state index contributed by atoms with van der Waals surface area (Å²) in [6.07, 6.45) is 2.74. The molecular formula is C21H36N2O4Si. The van der Waals surface area contributed by atoms with Crippen LogP contribution in [0.2, 0.25) is 16.6 Å². The number of hydroxylamine groups is 2. The van der Waals surface area contributed by atoms with E-state index in [1.807, 2.05) is 29.9 Å². The molecule has 0 bridgehead atoms. The third-order valence-electron chi connectivity index (χ3n) is 6.06. The van der Waals surface area contributed by atoms with E-state index in [4.69, 9.17) is 9.26 Å². The van der Waals surface area contributed by atoms with Crippen molar-refractivity contribution in [1.29, 1.82) is 0 Å². The number of carbonyl (C=O) groups is 2. The summed E-state index contributed by atoms with van der Waals surface area (Å²) >= 11 is 0. The van der Waals surface area contributed by atoms with Gasteiger partial charge in [-0.1, -0.05) is 41.5 Å². The molecule has 1 saturated heterocycles. The number of aromatic nitrogens is 1. The van der Waals surface area contributed by atoms with Gasteiger partial charge in [-0.25, -0.2) is 0 Å². The first-order valence-corrected chi connectivity index (χ1v) is 12.5. The number of nitrogens with zero attached hydrogens (tertiary/aromatic N) is 2. The molecule has 2 amide bonds. The molecule has 6 nitrogen and oxygen atoms in total. The minimum Gasteiger partial charge on any atom is -0.415 e. The van der Waals surface area contributed by atoms with Gasteiger partial charge in [0.1, 0.15) is 0 Å². The van der Waals surface area contributed by atoms with Crippen molar-refractivity contribution in [2.45, 2.75) is 71.0 Å². The van der Waals surface area contributed by atoms with Gasteiger partial charge in [0.2, 0.25) is 0 Å². The molecule has 1 atom stereocenters. The lowest BCUT2D eigenvalue weighted by Crippen LogP contribution is -2.50. The number of hydrogen-bond acceptors (Lipinski definition) is 4. The first kappa shape index (κ1) is 22.8. The highest BCUT2D eigenvalue weighted by Crippen LogP contribution is 2.42. The molecule has 0 N–H and O–H groups in total. The Morgan fingerprint density at radius 1 is 1.18 bits per heavy atom. The molecule has 1 aromatic heterocycles. The Hall–Kier alpha value is -1.44. The zero-order chi connectivity index (χ0) is 21.1. The van der Waals surface area contributed by atoms with Crippen molar-refractivity contribution >= 4 is 20.1 Å². The van der Waals surface area contributed by atoms with Crippen LogP contribution in [0.4, 0.5) is 0 Å². The second-order valence-corrected chi connectivity index (χ2v) is 14.2. The Morgan fingerprint density at radius 3 is 2.21 bits per heavy atom. The second kappa shape index (κ2) is 9.37. The Kier molecular flexibility index (Phi) is 7.64. The lowest BCUT2D eigenvalue weighted by Gasteiger charge is -2.43. The van der Waals surface area contributed by atoms with Gasteiger partial charge in [-0.05, 0) is 28.8 Å². The first-order chi connectivity index (χ1) is 13.1. The SMILES string of the molecule is CC(C)[Si](OC[C@H](Cc1cccn1C)C(=O)N1OCCC1=O)(C(C)C)C(C)C. The molecule has 1 aromatic rings. The van der Waals surface area contributed by atoms with Gasteiger partial charge in [0.05, 0.1) is 18.9 Å². The van der Waals surface area contributed by atoms with E-state index in [1.165, 1.54) is 0 Å². The Bertz CT molecular complexity index is 662. The molecule has 2 rings (SSSR count). The van der Waals surface area contributed by atoms with Gasteiger partial charge in [-0.3, -0.25) is 14.4 Å². The first-order valence-electron chi connectivity index (χ1n) is 10.3. The maximum Gasteiger partial charge on any atom is 0.259 e. The van der Waals surface area contributed by atoms with Crippen LogP contribution in [0.25, 0.3) is 0 Å². The van der Waals surface area contributed by atoms with Gasteiger partial charge in [0.15, 0.2) is 8.32 Å². The largest absolute Gasteiger partial charge is 0.415 e. The summed E-state index contributed by atoms with van der Waals surface area (Å²) in [5, 5.41) is 0.959. The second-order valence-electron chi connectivity index (χ2n) is 8.75. The van der Waals surface area contributed by atoms with Crippen molar-refractivity contribution < 1.29 is 18.9 Å². The molecule has 0 unspecified atom stereocenters. The smallest absolute Gasteiger partial charge is 0.259 e. The van der Waals surface area contributed by atoms with Crippen LogP contribution in [-0.4, -0.2) is 43.0 Å². The molecule has 7 heteroatoms.